The quantitative estimate of drug-likeness (QED) is 0.394. The fourth-order valence-corrected chi connectivity index (χ4v) is 4.68. The molecule has 0 N–H and O–H groups in total. The minimum Gasteiger partial charge on any atom is -0.495 e. The fourth-order valence-electron chi connectivity index (χ4n) is 3.91. The highest BCUT2D eigenvalue weighted by Crippen LogP contribution is 2.44. The lowest BCUT2D eigenvalue weighted by Gasteiger charge is -2.36. The van der Waals surface area contributed by atoms with Crippen molar-refractivity contribution in [3.63, 3.8) is 0 Å². The van der Waals surface area contributed by atoms with Crippen LogP contribution in [0, 0.1) is 23.7 Å². The lowest BCUT2D eigenvalue weighted by molar-refractivity contribution is 0.337. The number of halogens is 3. The summed E-state index contributed by atoms with van der Waals surface area (Å²) in [5.74, 6) is 1.32. The Morgan fingerprint density at radius 2 is 1.84 bits per heavy atom. The van der Waals surface area contributed by atoms with Crippen LogP contribution in [0.5, 0.6) is 5.75 Å². The Kier molecular flexibility index (Phi) is 5.91. The third kappa shape index (κ3) is 4.01. The number of pyridine rings is 2. The zero-order chi connectivity index (χ0) is 22.3. The van der Waals surface area contributed by atoms with Crippen LogP contribution in [0.2, 0.25) is 15.2 Å². The van der Waals surface area contributed by atoms with Crippen molar-refractivity contribution in [3.8, 4) is 23.1 Å². The molecule has 0 radical (unpaired) electrons. The molecule has 0 unspecified atom stereocenters. The van der Waals surface area contributed by atoms with E-state index >= 15 is 0 Å². The van der Waals surface area contributed by atoms with Gasteiger partial charge in [0.2, 0.25) is 0 Å². The number of fused-ring (bicyclic) bond motifs is 1. The van der Waals surface area contributed by atoms with Crippen LogP contribution in [0.4, 0.5) is 5.82 Å². The van der Waals surface area contributed by atoms with Crippen molar-refractivity contribution in [2.75, 3.05) is 25.1 Å². The molecule has 3 heterocycles. The van der Waals surface area contributed by atoms with E-state index in [0.717, 1.165) is 35.0 Å². The molecule has 0 aliphatic carbocycles. The van der Waals surface area contributed by atoms with Crippen molar-refractivity contribution >= 4 is 51.4 Å². The predicted octanol–water partition coefficient (Wildman–Crippen LogP) is 6.70. The van der Waals surface area contributed by atoms with Gasteiger partial charge in [-0.15, -0.1) is 0 Å². The first-order valence-corrected chi connectivity index (χ1v) is 11.0. The maximum absolute atomic E-state index is 9.49. The Morgan fingerprint density at radius 1 is 1.13 bits per heavy atom. The molecule has 0 bridgehead atoms. The maximum Gasteiger partial charge on any atom is 0.138 e. The Labute approximate surface area is 196 Å². The highest BCUT2D eigenvalue weighted by atomic mass is 35.5. The van der Waals surface area contributed by atoms with Crippen molar-refractivity contribution in [3.05, 3.63) is 45.2 Å². The first kappa shape index (κ1) is 22.0. The second-order valence-corrected chi connectivity index (χ2v) is 9.26. The van der Waals surface area contributed by atoms with Crippen LogP contribution in [-0.2, 0) is 0 Å². The molecular formula is C23H21Cl3N4O. The summed E-state index contributed by atoms with van der Waals surface area (Å²) >= 11 is 19.5. The van der Waals surface area contributed by atoms with Crippen LogP contribution in [-0.4, -0.2) is 30.2 Å². The first-order valence-electron chi connectivity index (χ1n) is 9.92. The number of rotatable bonds is 3. The van der Waals surface area contributed by atoms with Gasteiger partial charge in [0, 0.05) is 35.6 Å². The first-order chi connectivity index (χ1) is 14.8. The van der Waals surface area contributed by atoms with Gasteiger partial charge in [-0.05, 0) is 50.5 Å². The number of hydrogen-bond acceptors (Lipinski definition) is 5. The fraction of sp³-hybridized carbons (Fsp3) is 0.348. The van der Waals surface area contributed by atoms with E-state index in [4.69, 9.17) is 44.5 Å². The molecule has 8 heteroatoms. The number of nitriles is 1. The molecule has 2 aromatic heterocycles. The molecule has 0 spiro atoms. The van der Waals surface area contributed by atoms with Gasteiger partial charge < -0.3 is 9.64 Å². The van der Waals surface area contributed by atoms with Gasteiger partial charge in [0.25, 0.3) is 0 Å². The number of hydrogen-bond donors (Lipinski definition) is 0. The van der Waals surface area contributed by atoms with E-state index < -0.39 is 0 Å². The smallest absolute Gasteiger partial charge is 0.138 e. The second-order valence-electron chi connectivity index (χ2n) is 8.12. The summed E-state index contributed by atoms with van der Waals surface area (Å²) in [6.45, 7) is 5.34. The number of anilines is 1. The number of benzene rings is 1. The third-order valence-corrected chi connectivity index (χ3v) is 6.99. The molecule has 4 rings (SSSR count). The zero-order valence-corrected chi connectivity index (χ0v) is 19.7. The number of ether oxygens (including phenoxy) is 1. The van der Waals surface area contributed by atoms with Crippen LogP contribution in [0.3, 0.4) is 0 Å². The van der Waals surface area contributed by atoms with Crippen LogP contribution < -0.4 is 9.64 Å². The summed E-state index contributed by atoms with van der Waals surface area (Å²) in [6, 6.07) is 7.99. The van der Waals surface area contributed by atoms with E-state index in [1.54, 1.807) is 13.3 Å². The molecule has 31 heavy (non-hydrogen) atoms. The van der Waals surface area contributed by atoms with Crippen LogP contribution in [0.25, 0.3) is 22.0 Å². The van der Waals surface area contributed by atoms with Gasteiger partial charge in [-0.1, -0.05) is 34.8 Å². The third-order valence-electron chi connectivity index (χ3n) is 5.92. The summed E-state index contributed by atoms with van der Waals surface area (Å²) in [5.41, 5.74) is 1.78. The largest absolute Gasteiger partial charge is 0.495 e. The molecule has 1 saturated heterocycles. The SMILES string of the molecule is COc1cc(C)c(Cl)c(-c2cc3cnc(Cl)cc3c(N3CCC(C)(C#N)CC3)n2)c1Cl. The topological polar surface area (TPSA) is 62.0 Å². The Bertz CT molecular complexity index is 1210. The second kappa shape index (κ2) is 8.35. The summed E-state index contributed by atoms with van der Waals surface area (Å²) in [5, 5.41) is 12.6. The van der Waals surface area contributed by atoms with E-state index in [0.29, 0.717) is 45.3 Å². The standard InChI is InChI=1S/C23H21Cl3N4O/c1-13-8-17(31-3)21(26)19(20(13)25)16-9-14-11-28-18(24)10-15(14)22(29-16)30-6-4-23(2,12-27)5-7-30/h8-11H,4-7H2,1-3H3. The summed E-state index contributed by atoms with van der Waals surface area (Å²) in [6.07, 6.45) is 3.25. The van der Waals surface area contributed by atoms with E-state index in [1.165, 1.54) is 0 Å². The van der Waals surface area contributed by atoms with E-state index in [1.807, 2.05) is 32.0 Å². The predicted molar refractivity (Wildman–Crippen MR) is 126 cm³/mol. The van der Waals surface area contributed by atoms with Crippen LogP contribution in [0.15, 0.2) is 24.4 Å². The van der Waals surface area contributed by atoms with E-state index in [9.17, 15) is 5.26 Å². The lowest BCUT2D eigenvalue weighted by Crippen LogP contribution is -2.38. The molecule has 1 aromatic carbocycles. The highest BCUT2D eigenvalue weighted by Gasteiger charge is 2.31. The van der Waals surface area contributed by atoms with E-state index in [2.05, 4.69) is 16.0 Å². The van der Waals surface area contributed by atoms with Crippen molar-refractivity contribution in [2.24, 2.45) is 5.41 Å². The molecule has 1 fully saturated rings. The van der Waals surface area contributed by atoms with Gasteiger partial charge in [0.05, 0.1) is 34.3 Å². The molecular weight excluding hydrogens is 455 g/mol. The number of nitrogens with zero attached hydrogens (tertiary/aromatic N) is 4. The lowest BCUT2D eigenvalue weighted by atomic mass is 9.82. The highest BCUT2D eigenvalue weighted by molar-refractivity contribution is 6.40. The van der Waals surface area contributed by atoms with Gasteiger partial charge in [-0.3, -0.25) is 0 Å². The Hall–Kier alpha value is -2.26. The van der Waals surface area contributed by atoms with Crippen LogP contribution in [0.1, 0.15) is 25.3 Å². The molecule has 3 aromatic rings. The monoisotopic (exact) mass is 474 g/mol. The van der Waals surface area contributed by atoms with Gasteiger partial charge in [0.1, 0.15) is 16.7 Å². The van der Waals surface area contributed by atoms with Gasteiger partial charge >= 0.3 is 0 Å². The normalized spacial score (nSPS) is 15.7. The molecule has 1 aliphatic rings. The Balaban J connectivity index is 1.92. The van der Waals surface area contributed by atoms with Crippen LogP contribution >= 0.6 is 34.8 Å². The van der Waals surface area contributed by atoms with Crippen molar-refractivity contribution in [1.29, 1.82) is 5.26 Å². The minimum atomic E-state index is -0.320. The number of piperidine rings is 1. The Morgan fingerprint density at radius 3 is 2.48 bits per heavy atom. The summed E-state index contributed by atoms with van der Waals surface area (Å²) < 4.78 is 5.44. The molecule has 0 saturated carbocycles. The van der Waals surface area contributed by atoms with Crippen molar-refractivity contribution in [2.45, 2.75) is 26.7 Å². The average Bonchev–Trinajstić information content (AvgIpc) is 2.76. The average molecular weight is 476 g/mol. The summed E-state index contributed by atoms with van der Waals surface area (Å²) in [4.78, 5) is 11.4. The number of aryl methyl sites for hydroxylation is 1. The maximum atomic E-state index is 9.49. The molecule has 1 aliphatic heterocycles. The molecule has 0 amide bonds. The number of methoxy groups -OCH3 is 1. The van der Waals surface area contributed by atoms with Gasteiger partial charge in [-0.25, -0.2) is 9.97 Å². The molecule has 0 atom stereocenters. The van der Waals surface area contributed by atoms with E-state index in [-0.39, 0.29) is 5.41 Å². The van der Waals surface area contributed by atoms with Gasteiger partial charge in [0.15, 0.2) is 0 Å². The molecule has 5 nitrogen and oxygen atoms in total. The zero-order valence-electron chi connectivity index (χ0n) is 17.5. The minimum absolute atomic E-state index is 0.320. The van der Waals surface area contributed by atoms with Crippen molar-refractivity contribution in [1.82, 2.24) is 9.97 Å². The summed E-state index contributed by atoms with van der Waals surface area (Å²) in [7, 11) is 1.57. The van der Waals surface area contributed by atoms with Crippen molar-refractivity contribution < 1.29 is 4.74 Å². The molecule has 160 valence electrons. The number of aromatic nitrogens is 2. The van der Waals surface area contributed by atoms with Gasteiger partial charge in [-0.2, -0.15) is 5.26 Å².